The molecule has 0 radical (unpaired) electrons. The van der Waals surface area contributed by atoms with Gasteiger partial charge in [-0.25, -0.2) is 9.37 Å². The lowest BCUT2D eigenvalue weighted by Gasteiger charge is -2.21. The first kappa shape index (κ1) is 16.4. The van der Waals surface area contributed by atoms with E-state index in [-0.39, 0.29) is 11.7 Å². The van der Waals surface area contributed by atoms with Gasteiger partial charge in [-0.3, -0.25) is 9.69 Å². The average Bonchev–Trinajstić information content (AvgIpc) is 3.13. The predicted molar refractivity (Wildman–Crippen MR) is 103 cm³/mol. The Labute approximate surface area is 154 Å². The van der Waals surface area contributed by atoms with Crippen LogP contribution in [0.1, 0.15) is 15.2 Å². The molecule has 4 rings (SSSR count). The van der Waals surface area contributed by atoms with Crippen molar-refractivity contribution >= 4 is 33.1 Å². The second-order valence-corrected chi connectivity index (χ2v) is 6.91. The van der Waals surface area contributed by atoms with Crippen molar-refractivity contribution in [3.63, 3.8) is 0 Å². The average molecular weight is 362 g/mol. The van der Waals surface area contributed by atoms with Gasteiger partial charge in [-0.15, -0.1) is 11.3 Å². The molecule has 2 aromatic carbocycles. The van der Waals surface area contributed by atoms with Crippen molar-refractivity contribution < 1.29 is 9.18 Å². The number of aromatic nitrogens is 1. The fourth-order valence-corrected chi connectivity index (χ4v) is 3.82. The van der Waals surface area contributed by atoms with Crippen LogP contribution in [0.25, 0.3) is 10.1 Å². The molecule has 3 nitrogen and oxygen atoms in total. The van der Waals surface area contributed by atoms with Gasteiger partial charge in [0.1, 0.15) is 11.6 Å². The standard InChI is InChI=1S/C21H15FN2OS/c22-17-9-6-10-18-16(17)13-19(26-18)21(25)24(20-11-4-5-12-23-20)14-15-7-2-1-3-8-15/h1-13H,14H2. The summed E-state index contributed by atoms with van der Waals surface area (Å²) in [6.45, 7) is 0.396. The zero-order valence-corrected chi connectivity index (χ0v) is 14.6. The number of rotatable bonds is 4. The molecule has 0 bridgehead atoms. The van der Waals surface area contributed by atoms with E-state index in [1.165, 1.54) is 17.4 Å². The van der Waals surface area contributed by atoms with Crippen LogP contribution in [0, 0.1) is 5.82 Å². The summed E-state index contributed by atoms with van der Waals surface area (Å²) in [6, 6.07) is 21.7. The number of thiophene rings is 1. The molecule has 1 amide bonds. The SMILES string of the molecule is O=C(c1cc2c(F)cccc2s1)N(Cc1ccccc1)c1ccccn1. The van der Waals surface area contributed by atoms with Crippen molar-refractivity contribution in [3.8, 4) is 0 Å². The van der Waals surface area contributed by atoms with Crippen molar-refractivity contribution in [3.05, 3.63) is 95.3 Å². The smallest absolute Gasteiger partial charge is 0.269 e. The topological polar surface area (TPSA) is 33.2 Å². The maximum Gasteiger partial charge on any atom is 0.269 e. The molecule has 0 aliphatic rings. The van der Waals surface area contributed by atoms with Gasteiger partial charge in [0.15, 0.2) is 0 Å². The minimum Gasteiger partial charge on any atom is -0.288 e. The summed E-state index contributed by atoms with van der Waals surface area (Å²) >= 11 is 1.29. The molecule has 128 valence electrons. The maximum atomic E-state index is 14.0. The number of fused-ring (bicyclic) bond motifs is 1. The molecule has 0 fully saturated rings. The molecule has 0 aliphatic carbocycles. The summed E-state index contributed by atoms with van der Waals surface area (Å²) in [5.41, 5.74) is 0.999. The Balaban J connectivity index is 1.74. The fraction of sp³-hybridized carbons (Fsp3) is 0.0476. The first-order chi connectivity index (χ1) is 12.7. The zero-order valence-electron chi connectivity index (χ0n) is 13.8. The van der Waals surface area contributed by atoms with Crippen LogP contribution in [0.3, 0.4) is 0 Å². The Morgan fingerprint density at radius 2 is 1.81 bits per heavy atom. The third-order valence-corrected chi connectivity index (χ3v) is 5.16. The van der Waals surface area contributed by atoms with E-state index in [4.69, 9.17) is 0 Å². The number of carbonyl (C=O) groups excluding carboxylic acids is 1. The number of halogens is 1. The highest BCUT2D eigenvalue weighted by atomic mass is 32.1. The molecular weight excluding hydrogens is 347 g/mol. The van der Waals surface area contributed by atoms with Gasteiger partial charge in [-0.2, -0.15) is 0 Å². The Morgan fingerprint density at radius 1 is 1.00 bits per heavy atom. The van der Waals surface area contributed by atoms with E-state index < -0.39 is 0 Å². The summed E-state index contributed by atoms with van der Waals surface area (Å²) in [5, 5.41) is 0.474. The fourth-order valence-electron chi connectivity index (χ4n) is 2.80. The van der Waals surface area contributed by atoms with Crippen LogP contribution in [-0.4, -0.2) is 10.9 Å². The van der Waals surface area contributed by atoms with Gasteiger partial charge < -0.3 is 0 Å². The van der Waals surface area contributed by atoms with Crippen LogP contribution in [0.5, 0.6) is 0 Å². The maximum absolute atomic E-state index is 14.0. The van der Waals surface area contributed by atoms with Gasteiger partial charge in [0, 0.05) is 16.3 Å². The van der Waals surface area contributed by atoms with E-state index in [1.807, 2.05) is 48.5 Å². The molecule has 5 heteroatoms. The van der Waals surface area contributed by atoms with E-state index in [2.05, 4.69) is 4.98 Å². The van der Waals surface area contributed by atoms with Crippen LogP contribution in [-0.2, 0) is 6.54 Å². The third-order valence-electron chi connectivity index (χ3n) is 4.07. The third kappa shape index (κ3) is 3.21. The van der Waals surface area contributed by atoms with E-state index >= 15 is 0 Å². The second kappa shape index (κ2) is 7.06. The van der Waals surface area contributed by atoms with Crippen LogP contribution in [0.2, 0.25) is 0 Å². The molecule has 0 unspecified atom stereocenters. The molecule has 26 heavy (non-hydrogen) atoms. The monoisotopic (exact) mass is 362 g/mol. The van der Waals surface area contributed by atoms with Crippen LogP contribution < -0.4 is 4.90 Å². The van der Waals surface area contributed by atoms with Crippen LogP contribution in [0.4, 0.5) is 10.2 Å². The molecule has 0 saturated carbocycles. The molecule has 2 aromatic heterocycles. The molecule has 4 aromatic rings. The molecule has 0 spiro atoms. The van der Waals surface area contributed by atoms with Crippen molar-refractivity contribution in [2.24, 2.45) is 0 Å². The van der Waals surface area contributed by atoms with E-state index in [9.17, 15) is 9.18 Å². The van der Waals surface area contributed by atoms with Crippen LogP contribution in [0.15, 0.2) is 79.0 Å². The number of nitrogens with zero attached hydrogens (tertiary/aromatic N) is 2. The summed E-state index contributed by atoms with van der Waals surface area (Å²) in [5.74, 6) is 0.0673. The van der Waals surface area contributed by atoms with Gasteiger partial charge in [0.2, 0.25) is 0 Å². The number of benzene rings is 2. The molecule has 0 saturated heterocycles. The molecule has 0 atom stereocenters. The Hall–Kier alpha value is -3.05. The highest BCUT2D eigenvalue weighted by Crippen LogP contribution is 2.30. The number of carbonyl (C=O) groups is 1. The van der Waals surface area contributed by atoms with Crippen molar-refractivity contribution in [2.75, 3.05) is 4.90 Å². The van der Waals surface area contributed by atoms with Gasteiger partial charge in [-0.05, 0) is 35.9 Å². The number of hydrogen-bond donors (Lipinski definition) is 0. The highest BCUT2D eigenvalue weighted by Gasteiger charge is 2.22. The summed E-state index contributed by atoms with van der Waals surface area (Å²) in [7, 11) is 0. The van der Waals surface area contributed by atoms with Gasteiger partial charge in [-0.1, -0.05) is 42.5 Å². The first-order valence-electron chi connectivity index (χ1n) is 8.17. The Kier molecular flexibility index (Phi) is 4.46. The molecule has 0 aliphatic heterocycles. The summed E-state index contributed by atoms with van der Waals surface area (Å²) < 4.78 is 14.8. The lowest BCUT2D eigenvalue weighted by atomic mass is 10.2. The molecular formula is C21H15FN2OS. The van der Waals surface area contributed by atoms with Gasteiger partial charge >= 0.3 is 0 Å². The second-order valence-electron chi connectivity index (χ2n) is 5.83. The quantitative estimate of drug-likeness (QED) is 0.495. The van der Waals surface area contributed by atoms with E-state index in [1.54, 1.807) is 29.3 Å². The zero-order chi connectivity index (χ0) is 17.9. The number of anilines is 1. The minimum absolute atomic E-state index is 0.187. The van der Waals surface area contributed by atoms with Crippen molar-refractivity contribution in [2.45, 2.75) is 6.54 Å². The molecule has 2 heterocycles. The lowest BCUT2D eigenvalue weighted by Crippen LogP contribution is -2.30. The molecule has 0 N–H and O–H groups in total. The van der Waals surface area contributed by atoms with E-state index in [0.29, 0.717) is 22.6 Å². The summed E-state index contributed by atoms with van der Waals surface area (Å²) in [4.78, 5) is 19.6. The number of hydrogen-bond acceptors (Lipinski definition) is 3. The van der Waals surface area contributed by atoms with Crippen molar-refractivity contribution in [1.82, 2.24) is 4.98 Å². The Bertz CT molecular complexity index is 1050. The van der Waals surface area contributed by atoms with Gasteiger partial charge in [0.05, 0.1) is 11.4 Å². The van der Waals surface area contributed by atoms with Crippen LogP contribution >= 0.6 is 11.3 Å². The Morgan fingerprint density at radius 3 is 2.54 bits per heavy atom. The summed E-state index contributed by atoms with van der Waals surface area (Å²) in [6.07, 6.45) is 1.66. The number of pyridine rings is 1. The minimum atomic E-state index is -0.315. The lowest BCUT2D eigenvalue weighted by molar-refractivity contribution is 0.0988. The van der Waals surface area contributed by atoms with E-state index in [0.717, 1.165) is 10.3 Å². The van der Waals surface area contributed by atoms with Gasteiger partial charge in [0.25, 0.3) is 5.91 Å². The van der Waals surface area contributed by atoms with Crippen molar-refractivity contribution in [1.29, 1.82) is 0 Å². The normalized spacial score (nSPS) is 10.8. The predicted octanol–water partition coefficient (Wildman–Crippen LogP) is 5.28. The largest absolute Gasteiger partial charge is 0.288 e. The number of amides is 1. The first-order valence-corrected chi connectivity index (χ1v) is 8.99. The highest BCUT2D eigenvalue weighted by molar-refractivity contribution is 7.20.